The molecule has 1 saturated carbocycles. The van der Waals surface area contributed by atoms with Crippen LogP contribution >= 0.6 is 7.70 Å². The summed E-state index contributed by atoms with van der Waals surface area (Å²) in [4.78, 5) is 0. The Bertz CT molecular complexity index is 382. The van der Waals surface area contributed by atoms with Gasteiger partial charge in [-0.15, -0.1) is 5.09 Å². The molecule has 1 nitrogen and oxygen atoms in total. The zero-order valence-corrected chi connectivity index (χ0v) is 15.6. The largest absolute Gasteiger partial charge is 0.174 e. The van der Waals surface area contributed by atoms with Gasteiger partial charge in [-0.2, -0.15) is 0 Å². The van der Waals surface area contributed by atoms with E-state index < -0.39 is 0 Å². The van der Waals surface area contributed by atoms with Crippen LogP contribution in [0.2, 0.25) is 0 Å². The van der Waals surface area contributed by atoms with E-state index in [1.807, 2.05) is 7.05 Å². The summed E-state index contributed by atoms with van der Waals surface area (Å²) >= 11 is 0. The molecular weight excluding hydrogens is 273 g/mol. The van der Waals surface area contributed by atoms with Crippen LogP contribution in [0.1, 0.15) is 72.1 Å². The van der Waals surface area contributed by atoms with E-state index in [0.29, 0.717) is 0 Å². The van der Waals surface area contributed by atoms with Crippen molar-refractivity contribution in [2.75, 3.05) is 13.2 Å². The van der Waals surface area contributed by atoms with Crippen LogP contribution in [0.15, 0.2) is 22.8 Å². The predicted octanol–water partition coefficient (Wildman–Crippen LogP) is 6.07. The third kappa shape index (κ3) is 7.43. The molecule has 1 aliphatic rings. The average molecular weight is 308 g/mol. The molecule has 0 aromatic carbocycles. The number of hydrogen-bond acceptors (Lipinski definition) is 1. The van der Waals surface area contributed by atoms with Gasteiger partial charge in [-0.25, -0.2) is 0 Å². The number of allylic oxidation sites excluding steroid dienone is 4. The Balaban J connectivity index is 2.66. The Kier molecular flexibility index (Phi) is 9.20. The molecule has 21 heavy (non-hydrogen) atoms. The Morgan fingerprint density at radius 2 is 1.95 bits per heavy atom. The van der Waals surface area contributed by atoms with Crippen LogP contribution in [0.3, 0.4) is 0 Å². The van der Waals surface area contributed by atoms with Gasteiger partial charge in [-0.1, -0.05) is 55.4 Å². The minimum absolute atomic E-state index is 0.217. The van der Waals surface area contributed by atoms with Gasteiger partial charge >= 0.3 is 0 Å². The van der Waals surface area contributed by atoms with Gasteiger partial charge in [0.1, 0.15) is 6.16 Å². The van der Waals surface area contributed by atoms with E-state index in [4.69, 9.17) is 0 Å². The van der Waals surface area contributed by atoms with E-state index in [1.165, 1.54) is 63.1 Å². The van der Waals surface area contributed by atoms with Gasteiger partial charge in [0.2, 0.25) is 0 Å². The standard InChI is InChI=1S/C19H35NP/c1-6-19(16(2)3)15-18(12-9-13-21(5)20-4)14-17-10-7-8-11-17/h12,17,20H,5-11,13-15H2,1-4H3/q+1/b18-12+. The van der Waals surface area contributed by atoms with E-state index in [9.17, 15) is 0 Å². The molecule has 0 saturated heterocycles. The Morgan fingerprint density at radius 3 is 2.48 bits per heavy atom. The van der Waals surface area contributed by atoms with Gasteiger partial charge in [-0.3, -0.25) is 0 Å². The number of hydrogen-bond donors (Lipinski definition) is 1. The van der Waals surface area contributed by atoms with E-state index >= 15 is 0 Å². The first-order valence-electron chi connectivity index (χ1n) is 8.65. The normalized spacial score (nSPS) is 17.1. The van der Waals surface area contributed by atoms with Crippen LogP contribution < -0.4 is 5.09 Å². The van der Waals surface area contributed by atoms with Crippen molar-refractivity contribution in [1.82, 2.24) is 5.09 Å². The second-order valence-electron chi connectivity index (χ2n) is 6.63. The van der Waals surface area contributed by atoms with Crippen LogP contribution in [0.4, 0.5) is 0 Å². The Hall–Kier alpha value is -0.390. The van der Waals surface area contributed by atoms with Crippen molar-refractivity contribution in [1.29, 1.82) is 0 Å². The van der Waals surface area contributed by atoms with Gasteiger partial charge in [-0.05, 0) is 39.0 Å². The summed E-state index contributed by atoms with van der Waals surface area (Å²) in [5.74, 6) is 0.956. The molecule has 0 radical (unpaired) electrons. The molecule has 1 unspecified atom stereocenters. The second kappa shape index (κ2) is 10.4. The van der Waals surface area contributed by atoms with Crippen LogP contribution in [0, 0.1) is 5.92 Å². The highest BCUT2D eigenvalue weighted by Crippen LogP contribution is 2.33. The topological polar surface area (TPSA) is 12.0 Å². The lowest BCUT2D eigenvalue weighted by Gasteiger charge is -2.15. The fraction of sp³-hybridized carbons (Fsp3) is 0.737. The smallest absolute Gasteiger partial charge is 0.148 e. The maximum absolute atomic E-state index is 4.18. The fourth-order valence-electron chi connectivity index (χ4n) is 3.28. The summed E-state index contributed by atoms with van der Waals surface area (Å²) in [6, 6.07) is 0. The second-order valence-corrected chi connectivity index (χ2v) is 8.60. The van der Waals surface area contributed by atoms with Crippen molar-refractivity contribution < 1.29 is 0 Å². The summed E-state index contributed by atoms with van der Waals surface area (Å²) in [5.41, 5.74) is 4.86. The molecule has 0 aliphatic heterocycles. The van der Waals surface area contributed by atoms with Gasteiger partial charge in [0.15, 0.2) is 7.70 Å². The molecule has 1 fully saturated rings. The van der Waals surface area contributed by atoms with Crippen molar-refractivity contribution in [3.05, 3.63) is 22.8 Å². The predicted molar refractivity (Wildman–Crippen MR) is 101 cm³/mol. The number of nitrogens with one attached hydrogen (secondary N) is 1. The quantitative estimate of drug-likeness (QED) is 0.403. The Morgan fingerprint density at radius 1 is 1.29 bits per heavy atom. The van der Waals surface area contributed by atoms with Gasteiger partial charge in [0.05, 0.1) is 6.30 Å². The molecule has 0 heterocycles. The summed E-state index contributed by atoms with van der Waals surface area (Å²) in [7, 11) is 1.81. The van der Waals surface area contributed by atoms with E-state index in [2.05, 4.69) is 38.2 Å². The zero-order chi connectivity index (χ0) is 15.7. The molecular formula is C19H35NP+. The minimum atomic E-state index is -0.217. The van der Waals surface area contributed by atoms with Crippen LogP contribution in [-0.2, 0) is 0 Å². The first-order valence-corrected chi connectivity index (χ1v) is 10.4. The third-order valence-electron chi connectivity index (χ3n) is 4.75. The van der Waals surface area contributed by atoms with E-state index in [0.717, 1.165) is 5.92 Å². The lowest BCUT2D eigenvalue weighted by atomic mass is 9.91. The zero-order valence-electron chi connectivity index (χ0n) is 14.7. The van der Waals surface area contributed by atoms with Gasteiger partial charge in [0, 0.05) is 13.5 Å². The van der Waals surface area contributed by atoms with Crippen LogP contribution in [0.25, 0.3) is 0 Å². The highest BCUT2D eigenvalue weighted by atomic mass is 31.1. The summed E-state index contributed by atoms with van der Waals surface area (Å²) in [5, 5.41) is 3.30. The molecule has 1 atom stereocenters. The molecule has 0 bridgehead atoms. The number of rotatable bonds is 9. The molecule has 2 heteroatoms. The maximum Gasteiger partial charge on any atom is 0.174 e. The minimum Gasteiger partial charge on any atom is -0.148 e. The molecule has 0 aromatic heterocycles. The molecule has 0 amide bonds. The van der Waals surface area contributed by atoms with Gasteiger partial charge < -0.3 is 0 Å². The lowest BCUT2D eigenvalue weighted by molar-refractivity contribution is 0.536. The van der Waals surface area contributed by atoms with Crippen molar-refractivity contribution in [2.45, 2.75) is 72.1 Å². The van der Waals surface area contributed by atoms with Crippen molar-refractivity contribution >= 4 is 14.0 Å². The summed E-state index contributed by atoms with van der Waals surface area (Å²) in [6.07, 6.45) is 18.7. The van der Waals surface area contributed by atoms with Crippen LogP contribution in [-0.4, -0.2) is 19.5 Å². The Labute approximate surface area is 133 Å². The SMILES string of the molecule is C=[P+](CC/C=C(/CC(CC)=C(C)C)CC1CCCC1)NC. The van der Waals surface area contributed by atoms with Crippen molar-refractivity contribution in [2.24, 2.45) is 5.92 Å². The third-order valence-corrected chi connectivity index (χ3v) is 6.18. The molecule has 120 valence electrons. The summed E-state index contributed by atoms with van der Waals surface area (Å²) in [6.45, 7) is 6.83. The average Bonchev–Trinajstić information content (AvgIpc) is 2.96. The highest BCUT2D eigenvalue weighted by Gasteiger charge is 2.17. The van der Waals surface area contributed by atoms with Gasteiger partial charge in [0.25, 0.3) is 0 Å². The fourth-order valence-corrected chi connectivity index (χ4v) is 3.94. The first-order chi connectivity index (χ1) is 10.1. The summed E-state index contributed by atoms with van der Waals surface area (Å²) < 4.78 is 0. The molecule has 1 aliphatic carbocycles. The van der Waals surface area contributed by atoms with Crippen LogP contribution in [0.5, 0.6) is 0 Å². The molecule has 1 rings (SSSR count). The van der Waals surface area contributed by atoms with E-state index in [-0.39, 0.29) is 7.70 Å². The monoisotopic (exact) mass is 308 g/mol. The first kappa shape index (κ1) is 18.7. The lowest BCUT2D eigenvalue weighted by Crippen LogP contribution is -2.00. The molecule has 0 aromatic rings. The van der Waals surface area contributed by atoms with Crippen molar-refractivity contribution in [3.63, 3.8) is 0 Å². The highest BCUT2D eigenvalue weighted by molar-refractivity contribution is 7.53. The molecule has 0 spiro atoms. The van der Waals surface area contributed by atoms with Crippen molar-refractivity contribution in [3.8, 4) is 0 Å². The van der Waals surface area contributed by atoms with E-state index in [1.54, 1.807) is 11.1 Å². The molecule has 1 N–H and O–H groups in total. The maximum atomic E-state index is 4.18.